The van der Waals surface area contributed by atoms with Gasteiger partial charge >= 0.3 is 0 Å². The molecule has 3 nitrogen and oxygen atoms in total. The molecule has 0 amide bonds. The van der Waals surface area contributed by atoms with Crippen molar-refractivity contribution in [1.29, 1.82) is 0 Å². The molecule has 2 rings (SSSR count). The van der Waals surface area contributed by atoms with Gasteiger partial charge < -0.3 is 15.4 Å². The van der Waals surface area contributed by atoms with Crippen LogP contribution in [0.4, 0.5) is 0 Å². The maximum Gasteiger partial charge on any atom is 0.120 e. The van der Waals surface area contributed by atoms with Crippen LogP contribution in [0.3, 0.4) is 0 Å². The van der Waals surface area contributed by atoms with Gasteiger partial charge in [0.1, 0.15) is 5.75 Å². The van der Waals surface area contributed by atoms with E-state index >= 15 is 0 Å². The second-order valence-corrected chi connectivity index (χ2v) is 6.24. The maximum atomic E-state index is 5.89. The van der Waals surface area contributed by atoms with Crippen molar-refractivity contribution < 1.29 is 4.74 Å². The third kappa shape index (κ3) is 3.94. The molecule has 1 aliphatic heterocycles. The summed E-state index contributed by atoms with van der Waals surface area (Å²) in [4.78, 5) is 2.43. The summed E-state index contributed by atoms with van der Waals surface area (Å²) >= 11 is 3.55. The highest BCUT2D eigenvalue weighted by atomic mass is 79.9. The second kappa shape index (κ2) is 6.73. The number of hydrogen-bond donors (Lipinski definition) is 1. The smallest absolute Gasteiger partial charge is 0.120 e. The average molecular weight is 327 g/mol. The summed E-state index contributed by atoms with van der Waals surface area (Å²) in [5, 5.41) is 0. The van der Waals surface area contributed by atoms with E-state index in [0.29, 0.717) is 6.04 Å². The van der Waals surface area contributed by atoms with Crippen LogP contribution in [0, 0.1) is 0 Å². The van der Waals surface area contributed by atoms with Gasteiger partial charge in [-0.05, 0) is 57.5 Å². The van der Waals surface area contributed by atoms with Crippen LogP contribution in [-0.2, 0) is 0 Å². The van der Waals surface area contributed by atoms with Crippen molar-refractivity contribution in [3.63, 3.8) is 0 Å². The van der Waals surface area contributed by atoms with E-state index in [2.05, 4.69) is 27.9 Å². The molecule has 0 spiro atoms. The van der Waals surface area contributed by atoms with Gasteiger partial charge in [-0.2, -0.15) is 0 Å². The molecule has 1 aromatic carbocycles. The molecule has 0 radical (unpaired) electrons. The van der Waals surface area contributed by atoms with E-state index in [0.717, 1.165) is 28.8 Å². The van der Waals surface area contributed by atoms with Crippen LogP contribution in [0.2, 0.25) is 0 Å². The van der Waals surface area contributed by atoms with Gasteiger partial charge in [0.05, 0.1) is 6.61 Å². The van der Waals surface area contributed by atoms with Crippen molar-refractivity contribution in [3.05, 3.63) is 28.2 Å². The van der Waals surface area contributed by atoms with Crippen molar-refractivity contribution >= 4 is 15.9 Å². The number of halogens is 1. The number of likely N-dealkylation sites (tertiary alicyclic amines) is 1. The molecule has 1 heterocycles. The Kier molecular flexibility index (Phi) is 5.25. The van der Waals surface area contributed by atoms with Crippen LogP contribution in [0.1, 0.15) is 37.8 Å². The predicted molar refractivity (Wildman–Crippen MR) is 82.5 cm³/mol. The fourth-order valence-corrected chi connectivity index (χ4v) is 3.34. The van der Waals surface area contributed by atoms with E-state index in [1.807, 2.05) is 25.1 Å². The highest BCUT2D eigenvalue weighted by Crippen LogP contribution is 2.27. The molecule has 0 aliphatic carbocycles. The lowest BCUT2D eigenvalue weighted by atomic mass is 10.1. The summed E-state index contributed by atoms with van der Waals surface area (Å²) in [6.07, 6.45) is 3.71. The Labute approximate surface area is 124 Å². The summed E-state index contributed by atoms with van der Waals surface area (Å²) in [6, 6.07) is 6.77. The fourth-order valence-electron chi connectivity index (χ4n) is 2.62. The van der Waals surface area contributed by atoms with Crippen LogP contribution < -0.4 is 10.5 Å². The van der Waals surface area contributed by atoms with Gasteiger partial charge in [0.25, 0.3) is 0 Å². The zero-order valence-corrected chi connectivity index (χ0v) is 13.3. The minimum absolute atomic E-state index is 0.0376. The minimum Gasteiger partial charge on any atom is -0.493 e. The molecule has 0 bridgehead atoms. The second-order valence-electron chi connectivity index (χ2n) is 5.39. The number of ether oxygens (including phenoxy) is 1. The third-order valence-electron chi connectivity index (χ3n) is 3.85. The Hall–Kier alpha value is -0.580. The van der Waals surface area contributed by atoms with Gasteiger partial charge in [0.15, 0.2) is 0 Å². The Morgan fingerprint density at radius 1 is 1.53 bits per heavy atom. The van der Waals surface area contributed by atoms with Gasteiger partial charge in [-0.1, -0.05) is 22.0 Å². The van der Waals surface area contributed by atoms with Crippen LogP contribution in [0.25, 0.3) is 0 Å². The normalized spacial score (nSPS) is 21.6. The topological polar surface area (TPSA) is 38.5 Å². The molecule has 4 heteroatoms. The first-order valence-corrected chi connectivity index (χ1v) is 7.75. The highest BCUT2D eigenvalue weighted by molar-refractivity contribution is 9.10. The highest BCUT2D eigenvalue weighted by Gasteiger charge is 2.20. The maximum absolute atomic E-state index is 5.89. The van der Waals surface area contributed by atoms with Gasteiger partial charge in [-0.3, -0.25) is 0 Å². The Bertz CT molecular complexity index is 423. The first-order valence-electron chi connectivity index (χ1n) is 6.96. The molecule has 2 N–H and O–H groups in total. The molecule has 0 aromatic heterocycles. The molecule has 1 fully saturated rings. The minimum atomic E-state index is 0.0376. The molecular formula is C15H23BrN2O. The third-order valence-corrected chi connectivity index (χ3v) is 4.54. The lowest BCUT2D eigenvalue weighted by molar-refractivity contribution is 0.233. The standard InChI is InChI=1S/C15H23BrN2O/c1-11(17)14-6-5-13(10-15(14)16)19-9-7-12-4-3-8-18(12)2/h5-6,10-12H,3-4,7-9,17H2,1-2H3/t11-,12?/m0/s1. The molecule has 0 saturated carbocycles. The van der Waals surface area contributed by atoms with Gasteiger partial charge in [-0.15, -0.1) is 0 Å². The van der Waals surface area contributed by atoms with E-state index in [9.17, 15) is 0 Å². The summed E-state index contributed by atoms with van der Waals surface area (Å²) in [6.45, 7) is 3.98. The van der Waals surface area contributed by atoms with Gasteiger partial charge in [0.2, 0.25) is 0 Å². The Morgan fingerprint density at radius 3 is 2.89 bits per heavy atom. The fraction of sp³-hybridized carbons (Fsp3) is 0.600. The summed E-state index contributed by atoms with van der Waals surface area (Å²) in [5.74, 6) is 0.914. The molecule has 106 valence electrons. The number of hydrogen-bond acceptors (Lipinski definition) is 3. The molecule has 1 saturated heterocycles. The first kappa shape index (κ1) is 14.8. The van der Waals surface area contributed by atoms with Crippen LogP contribution in [0.15, 0.2) is 22.7 Å². The van der Waals surface area contributed by atoms with E-state index in [4.69, 9.17) is 10.5 Å². The molecule has 1 unspecified atom stereocenters. The van der Waals surface area contributed by atoms with Crippen molar-refractivity contribution in [1.82, 2.24) is 4.90 Å². The van der Waals surface area contributed by atoms with E-state index < -0.39 is 0 Å². The quantitative estimate of drug-likeness (QED) is 0.901. The monoisotopic (exact) mass is 326 g/mol. The molecular weight excluding hydrogens is 304 g/mol. The Morgan fingerprint density at radius 2 is 2.32 bits per heavy atom. The van der Waals surface area contributed by atoms with Crippen molar-refractivity contribution in [2.45, 2.75) is 38.3 Å². The largest absolute Gasteiger partial charge is 0.493 e. The Balaban J connectivity index is 1.84. The van der Waals surface area contributed by atoms with E-state index in [1.165, 1.54) is 19.4 Å². The van der Waals surface area contributed by atoms with Crippen LogP contribution >= 0.6 is 15.9 Å². The van der Waals surface area contributed by atoms with Crippen molar-refractivity contribution in [2.75, 3.05) is 20.2 Å². The van der Waals surface area contributed by atoms with Crippen molar-refractivity contribution in [3.8, 4) is 5.75 Å². The zero-order chi connectivity index (χ0) is 13.8. The predicted octanol–water partition coefficient (Wildman–Crippen LogP) is 3.33. The van der Waals surface area contributed by atoms with E-state index in [-0.39, 0.29) is 6.04 Å². The SMILES string of the molecule is C[C@H](N)c1ccc(OCCC2CCCN2C)cc1Br. The van der Waals surface area contributed by atoms with E-state index in [1.54, 1.807) is 0 Å². The summed E-state index contributed by atoms with van der Waals surface area (Å²) in [5.41, 5.74) is 7.00. The lowest BCUT2D eigenvalue weighted by Crippen LogP contribution is -2.26. The zero-order valence-electron chi connectivity index (χ0n) is 11.7. The number of nitrogens with two attached hydrogens (primary N) is 1. The summed E-state index contributed by atoms with van der Waals surface area (Å²) in [7, 11) is 2.20. The molecule has 2 atom stereocenters. The van der Waals surface area contributed by atoms with Gasteiger partial charge in [-0.25, -0.2) is 0 Å². The molecule has 1 aliphatic rings. The average Bonchev–Trinajstić information content (AvgIpc) is 2.75. The van der Waals surface area contributed by atoms with Crippen LogP contribution in [-0.4, -0.2) is 31.1 Å². The summed E-state index contributed by atoms with van der Waals surface area (Å²) < 4.78 is 6.86. The first-order chi connectivity index (χ1) is 9.08. The number of benzene rings is 1. The van der Waals surface area contributed by atoms with Crippen LogP contribution in [0.5, 0.6) is 5.75 Å². The van der Waals surface area contributed by atoms with Gasteiger partial charge in [0, 0.05) is 16.6 Å². The number of nitrogens with zero attached hydrogens (tertiary/aromatic N) is 1. The lowest BCUT2D eigenvalue weighted by Gasteiger charge is -2.19. The van der Waals surface area contributed by atoms with Crippen molar-refractivity contribution in [2.24, 2.45) is 5.73 Å². The molecule has 19 heavy (non-hydrogen) atoms. The number of rotatable bonds is 5. The molecule has 1 aromatic rings.